The van der Waals surface area contributed by atoms with Crippen LogP contribution in [0.15, 0.2) is 60.4 Å². The lowest BCUT2D eigenvalue weighted by atomic mass is 9.85. The van der Waals surface area contributed by atoms with E-state index in [1.807, 2.05) is 18.2 Å². The van der Waals surface area contributed by atoms with Gasteiger partial charge in [-0.15, -0.1) is 0 Å². The first-order valence-corrected chi connectivity index (χ1v) is 7.07. The second-order valence-corrected chi connectivity index (χ2v) is 5.38. The van der Waals surface area contributed by atoms with Crippen LogP contribution in [0.5, 0.6) is 0 Å². The van der Waals surface area contributed by atoms with E-state index in [0.29, 0.717) is 17.0 Å². The molecule has 0 saturated carbocycles. The van der Waals surface area contributed by atoms with Crippen LogP contribution in [0.3, 0.4) is 0 Å². The van der Waals surface area contributed by atoms with Gasteiger partial charge in [0, 0.05) is 17.8 Å². The Morgan fingerprint density at radius 2 is 1.95 bits per heavy atom. The van der Waals surface area contributed by atoms with Gasteiger partial charge in [-0.2, -0.15) is 0 Å². The number of rotatable bonds is 2. The van der Waals surface area contributed by atoms with Gasteiger partial charge in [-0.05, 0) is 29.5 Å². The molecule has 0 bridgehead atoms. The van der Waals surface area contributed by atoms with Crippen LogP contribution < -0.4 is 0 Å². The number of aromatic nitrogens is 1. The normalized spacial score (nSPS) is 18.2. The fourth-order valence-electron chi connectivity index (χ4n) is 3.20. The zero-order chi connectivity index (χ0) is 15.3. The van der Waals surface area contributed by atoms with Crippen molar-refractivity contribution in [1.82, 2.24) is 4.48 Å². The van der Waals surface area contributed by atoms with Crippen molar-refractivity contribution in [3.63, 3.8) is 0 Å². The quantitative estimate of drug-likeness (QED) is 0.848. The molecule has 0 fully saturated rings. The molecule has 6 heteroatoms. The van der Waals surface area contributed by atoms with Gasteiger partial charge in [-0.1, -0.05) is 24.3 Å². The molecule has 0 amide bonds. The number of hydrogen-bond acceptors (Lipinski definition) is 1. The Bertz CT molecular complexity index is 865. The third kappa shape index (κ3) is 1.61. The highest BCUT2D eigenvalue weighted by atomic mass is 19.2. The molecule has 0 spiro atoms. The number of nitrogens with zero attached hydrogens (tertiary/aromatic N) is 2. The van der Waals surface area contributed by atoms with Crippen molar-refractivity contribution in [2.75, 3.05) is 0 Å². The maximum atomic E-state index is 14.7. The summed E-state index contributed by atoms with van der Waals surface area (Å²) in [6, 6.07) is 10.6. The number of allylic oxidation sites excluding steroid dienone is 2. The van der Waals surface area contributed by atoms with Crippen molar-refractivity contribution >= 4 is 18.8 Å². The molecule has 110 valence electrons. The van der Waals surface area contributed by atoms with Crippen LogP contribution in [-0.2, 0) is 6.61 Å². The minimum atomic E-state index is -3.88. The van der Waals surface area contributed by atoms with Gasteiger partial charge in [0.25, 0.3) is 0 Å². The standard InChI is InChI=1S/C16H13BF2N2O/c18-17(19)20-9-3-7-14(20)16(15-8-4-10-21(15)17)13-6-2-1-5-12(13)11-22/h1-10,22H,11H2. The van der Waals surface area contributed by atoms with Crippen LogP contribution >= 0.6 is 0 Å². The highest BCUT2D eigenvalue weighted by Crippen LogP contribution is 2.39. The van der Waals surface area contributed by atoms with E-state index >= 15 is 0 Å². The van der Waals surface area contributed by atoms with E-state index in [9.17, 15) is 13.7 Å². The SMILES string of the molecule is OCc1ccccc1C1=C2C=CC=[N+]2[B-](F)(F)n2cccc21. The first-order chi connectivity index (χ1) is 10.6. The van der Waals surface area contributed by atoms with Crippen molar-refractivity contribution in [1.29, 1.82) is 0 Å². The highest BCUT2D eigenvalue weighted by Gasteiger charge is 2.51. The Hall–Kier alpha value is -2.47. The van der Waals surface area contributed by atoms with Crippen molar-refractivity contribution in [2.24, 2.45) is 0 Å². The summed E-state index contributed by atoms with van der Waals surface area (Å²) in [7, 11) is 0. The molecule has 0 saturated heterocycles. The molecule has 22 heavy (non-hydrogen) atoms. The molecule has 1 aromatic heterocycles. The van der Waals surface area contributed by atoms with E-state index in [1.165, 1.54) is 12.4 Å². The summed E-state index contributed by atoms with van der Waals surface area (Å²) in [5, 5.41) is 9.58. The number of benzene rings is 1. The molecule has 3 heterocycles. The highest BCUT2D eigenvalue weighted by molar-refractivity contribution is 6.57. The molecule has 2 aromatic rings. The predicted molar refractivity (Wildman–Crippen MR) is 81.7 cm³/mol. The fourth-order valence-corrected chi connectivity index (χ4v) is 3.20. The molecule has 1 N–H and O–H groups in total. The predicted octanol–water partition coefficient (Wildman–Crippen LogP) is 2.63. The van der Waals surface area contributed by atoms with Gasteiger partial charge in [0.15, 0.2) is 5.70 Å². The van der Waals surface area contributed by atoms with Crippen LogP contribution in [0.2, 0.25) is 0 Å². The van der Waals surface area contributed by atoms with Gasteiger partial charge >= 0.3 is 6.97 Å². The number of hydrogen-bond donors (Lipinski definition) is 1. The summed E-state index contributed by atoms with van der Waals surface area (Å²) in [5.74, 6) is 0. The van der Waals surface area contributed by atoms with Crippen LogP contribution in [0.4, 0.5) is 8.63 Å². The Labute approximate surface area is 126 Å². The average molecular weight is 298 g/mol. The van der Waals surface area contributed by atoms with Crippen molar-refractivity contribution in [3.05, 3.63) is 77.3 Å². The molecule has 2 aliphatic heterocycles. The molecule has 1 aromatic carbocycles. The van der Waals surface area contributed by atoms with Gasteiger partial charge < -0.3 is 22.7 Å². The van der Waals surface area contributed by atoms with Crippen LogP contribution in [0.25, 0.3) is 5.57 Å². The van der Waals surface area contributed by atoms with E-state index in [4.69, 9.17) is 0 Å². The zero-order valence-electron chi connectivity index (χ0n) is 11.7. The summed E-state index contributed by atoms with van der Waals surface area (Å²) in [6.45, 7) is -4.02. The average Bonchev–Trinajstić information content (AvgIpc) is 3.18. The molecule has 0 atom stereocenters. The van der Waals surface area contributed by atoms with Gasteiger partial charge in [0.1, 0.15) is 6.21 Å². The number of aliphatic hydroxyl groups excluding tert-OH is 1. The molecule has 4 rings (SSSR count). The lowest BCUT2D eigenvalue weighted by molar-refractivity contribution is -0.356. The lowest BCUT2D eigenvalue weighted by Gasteiger charge is -2.31. The molecular formula is C16H13BF2N2O. The summed E-state index contributed by atoms with van der Waals surface area (Å²) < 4.78 is 31.4. The maximum Gasteiger partial charge on any atom is 0.737 e. The van der Waals surface area contributed by atoms with Crippen LogP contribution in [0.1, 0.15) is 16.8 Å². The van der Waals surface area contributed by atoms with Gasteiger partial charge in [0.05, 0.1) is 12.2 Å². The Kier molecular flexibility index (Phi) is 2.71. The minimum absolute atomic E-state index is 0.136. The monoisotopic (exact) mass is 298 g/mol. The largest absolute Gasteiger partial charge is 0.737 e. The summed E-state index contributed by atoms with van der Waals surface area (Å²) in [6.07, 6.45) is 6.12. The molecule has 3 nitrogen and oxygen atoms in total. The summed E-state index contributed by atoms with van der Waals surface area (Å²) in [4.78, 5) is 0. The second-order valence-electron chi connectivity index (χ2n) is 5.38. The van der Waals surface area contributed by atoms with E-state index in [0.717, 1.165) is 20.1 Å². The van der Waals surface area contributed by atoms with E-state index in [1.54, 1.807) is 30.4 Å². The third-order valence-corrected chi connectivity index (χ3v) is 4.20. The molecular weight excluding hydrogens is 285 g/mol. The first kappa shape index (κ1) is 13.2. The topological polar surface area (TPSA) is 28.2 Å². The third-order valence-electron chi connectivity index (χ3n) is 4.20. The van der Waals surface area contributed by atoms with Crippen LogP contribution in [-0.4, -0.2) is 27.3 Å². The molecule has 0 aliphatic carbocycles. The van der Waals surface area contributed by atoms with Crippen LogP contribution in [0, 0.1) is 0 Å². The number of fused-ring (bicyclic) bond motifs is 2. The van der Waals surface area contributed by atoms with Gasteiger partial charge in [-0.25, -0.2) is 0 Å². The maximum absolute atomic E-state index is 14.7. The molecule has 0 radical (unpaired) electrons. The Morgan fingerprint density at radius 3 is 2.77 bits per heavy atom. The summed E-state index contributed by atoms with van der Waals surface area (Å²) >= 11 is 0. The minimum Gasteiger partial charge on any atom is -0.396 e. The van der Waals surface area contributed by atoms with Crippen molar-refractivity contribution < 1.29 is 18.2 Å². The van der Waals surface area contributed by atoms with Crippen molar-refractivity contribution in [3.8, 4) is 0 Å². The lowest BCUT2D eigenvalue weighted by Crippen LogP contribution is -2.49. The number of halogens is 2. The fraction of sp³-hybridized carbons (Fsp3) is 0.0625. The number of aliphatic hydroxyl groups is 1. The van der Waals surface area contributed by atoms with E-state index in [2.05, 4.69) is 0 Å². The molecule has 2 aliphatic rings. The Balaban J connectivity index is 2.07. The summed E-state index contributed by atoms with van der Waals surface area (Å²) in [5.41, 5.74) is 3.15. The van der Waals surface area contributed by atoms with Gasteiger partial charge in [0.2, 0.25) is 0 Å². The zero-order valence-corrected chi connectivity index (χ0v) is 11.7. The first-order valence-electron chi connectivity index (χ1n) is 7.07. The molecule has 0 unspecified atom stereocenters. The van der Waals surface area contributed by atoms with E-state index < -0.39 is 6.97 Å². The van der Waals surface area contributed by atoms with Gasteiger partial charge in [-0.3, -0.25) is 0 Å². The Morgan fingerprint density at radius 1 is 1.14 bits per heavy atom. The smallest absolute Gasteiger partial charge is 0.396 e. The second kappa shape index (κ2) is 4.51. The van der Waals surface area contributed by atoms with E-state index in [-0.39, 0.29) is 6.61 Å². The van der Waals surface area contributed by atoms with Crippen molar-refractivity contribution in [2.45, 2.75) is 6.61 Å².